The Morgan fingerprint density at radius 1 is 1.32 bits per heavy atom. The van der Waals surface area contributed by atoms with Crippen LogP contribution in [0.5, 0.6) is 0 Å². The largest absolute Gasteiger partial charge is 0.448 e. The number of aromatic nitrogens is 2. The van der Waals surface area contributed by atoms with Gasteiger partial charge in [0, 0.05) is 13.1 Å². The summed E-state index contributed by atoms with van der Waals surface area (Å²) in [7, 11) is 0. The second-order valence-electron chi connectivity index (χ2n) is 7.12. The van der Waals surface area contributed by atoms with E-state index in [1.54, 1.807) is 4.90 Å². The van der Waals surface area contributed by atoms with E-state index in [2.05, 4.69) is 5.10 Å². The van der Waals surface area contributed by atoms with Crippen molar-refractivity contribution in [3.63, 3.8) is 0 Å². The minimum absolute atomic E-state index is 0.0600. The van der Waals surface area contributed by atoms with Crippen LogP contribution in [-0.4, -0.2) is 62.9 Å². The van der Waals surface area contributed by atoms with Crippen molar-refractivity contribution in [2.75, 3.05) is 26.2 Å². The molecule has 1 saturated heterocycles. The van der Waals surface area contributed by atoms with Crippen molar-refractivity contribution in [1.82, 2.24) is 19.6 Å². The third-order valence-electron chi connectivity index (χ3n) is 5.46. The van der Waals surface area contributed by atoms with Gasteiger partial charge in [0.2, 0.25) is 5.91 Å². The lowest BCUT2D eigenvalue weighted by Gasteiger charge is -2.29. The molecule has 8 nitrogen and oxygen atoms in total. The third kappa shape index (κ3) is 3.22. The Balaban J connectivity index is 1.44. The minimum Gasteiger partial charge on any atom is -0.448 e. The van der Waals surface area contributed by atoms with Crippen molar-refractivity contribution in [2.24, 2.45) is 5.92 Å². The molecule has 1 aliphatic carbocycles. The molecule has 136 valence electrons. The number of hydrogen-bond donors (Lipinski definition) is 1. The normalized spacial score (nSPS) is 22.2. The minimum atomic E-state index is -0.503. The smallest absolute Gasteiger partial charge is 0.410 e. The maximum absolute atomic E-state index is 12.6. The number of carbonyl (C=O) groups is 2. The Kier molecular flexibility index (Phi) is 4.37. The highest BCUT2D eigenvalue weighted by atomic mass is 16.6. The average Bonchev–Trinajstić information content (AvgIpc) is 3.06. The second-order valence-corrected chi connectivity index (χ2v) is 7.12. The molecule has 0 bridgehead atoms. The molecule has 1 N–H and O–H groups in total. The first-order chi connectivity index (χ1) is 12.1. The Morgan fingerprint density at radius 2 is 2.16 bits per heavy atom. The van der Waals surface area contributed by atoms with Gasteiger partial charge in [0.1, 0.15) is 19.3 Å². The van der Waals surface area contributed by atoms with Crippen LogP contribution in [0.2, 0.25) is 0 Å². The van der Waals surface area contributed by atoms with Crippen LogP contribution in [0, 0.1) is 5.92 Å². The number of amides is 2. The number of cyclic esters (lactones) is 1. The maximum Gasteiger partial charge on any atom is 0.410 e. The molecule has 0 unspecified atom stereocenters. The second kappa shape index (κ2) is 6.67. The molecule has 0 spiro atoms. The fourth-order valence-corrected chi connectivity index (χ4v) is 3.67. The van der Waals surface area contributed by atoms with Crippen molar-refractivity contribution < 1.29 is 19.4 Å². The van der Waals surface area contributed by atoms with Gasteiger partial charge in [-0.25, -0.2) is 4.79 Å². The first-order valence-corrected chi connectivity index (χ1v) is 9.06. The molecule has 2 amide bonds. The topological polar surface area (TPSA) is 87.9 Å². The first-order valence-electron chi connectivity index (χ1n) is 9.06. The number of hydrogen-bond acceptors (Lipinski definition) is 5. The Labute approximate surface area is 146 Å². The summed E-state index contributed by atoms with van der Waals surface area (Å²) < 4.78 is 6.79. The zero-order chi connectivity index (χ0) is 17.4. The number of aliphatic hydroxyl groups is 1. The molecule has 3 heterocycles. The van der Waals surface area contributed by atoms with E-state index < -0.39 is 12.2 Å². The van der Waals surface area contributed by atoms with Gasteiger partial charge in [-0.3, -0.25) is 14.4 Å². The average molecular weight is 348 g/mol. The standard InChI is InChI=1S/C17H24N4O4/c22-15(11-20-7-8-25-17(20)24)19-5-2-6-21-13(10-19)9-14(18-21)16(23)12-3-1-4-12/h9,12,16,23H,1-8,10-11H2/t16-/m0/s1. The molecule has 1 saturated carbocycles. The van der Waals surface area contributed by atoms with Crippen molar-refractivity contribution in [3.8, 4) is 0 Å². The fourth-order valence-electron chi connectivity index (χ4n) is 3.67. The van der Waals surface area contributed by atoms with Gasteiger partial charge in [-0.2, -0.15) is 5.10 Å². The summed E-state index contributed by atoms with van der Waals surface area (Å²) in [6.07, 6.45) is 3.18. The van der Waals surface area contributed by atoms with Crippen molar-refractivity contribution in [2.45, 2.75) is 44.9 Å². The fraction of sp³-hybridized carbons (Fsp3) is 0.706. The molecule has 3 aliphatic rings. The molecule has 25 heavy (non-hydrogen) atoms. The van der Waals surface area contributed by atoms with Gasteiger partial charge in [-0.1, -0.05) is 6.42 Å². The number of aliphatic hydroxyl groups excluding tert-OH is 1. The summed E-state index contributed by atoms with van der Waals surface area (Å²) >= 11 is 0. The number of carbonyl (C=O) groups excluding carboxylic acids is 2. The van der Waals surface area contributed by atoms with E-state index in [0.717, 1.165) is 37.2 Å². The van der Waals surface area contributed by atoms with E-state index in [1.807, 2.05) is 10.7 Å². The summed E-state index contributed by atoms with van der Waals surface area (Å²) in [4.78, 5) is 27.3. The van der Waals surface area contributed by atoms with Gasteiger partial charge in [0.25, 0.3) is 0 Å². The quantitative estimate of drug-likeness (QED) is 0.873. The van der Waals surface area contributed by atoms with Crippen LogP contribution in [0.15, 0.2) is 6.07 Å². The van der Waals surface area contributed by atoms with Crippen LogP contribution >= 0.6 is 0 Å². The van der Waals surface area contributed by atoms with E-state index in [0.29, 0.717) is 32.2 Å². The zero-order valence-electron chi connectivity index (χ0n) is 14.3. The lowest BCUT2D eigenvalue weighted by atomic mass is 9.80. The molecule has 4 rings (SSSR count). The number of aryl methyl sites for hydroxylation is 1. The first kappa shape index (κ1) is 16.4. The predicted molar refractivity (Wildman–Crippen MR) is 87.5 cm³/mol. The van der Waals surface area contributed by atoms with E-state index in [4.69, 9.17) is 4.74 Å². The van der Waals surface area contributed by atoms with Crippen molar-refractivity contribution >= 4 is 12.0 Å². The molecule has 2 fully saturated rings. The highest BCUT2D eigenvalue weighted by molar-refractivity contribution is 5.82. The molecule has 1 aromatic heterocycles. The van der Waals surface area contributed by atoms with Gasteiger partial charge in [-0.05, 0) is 31.2 Å². The molecular weight excluding hydrogens is 324 g/mol. The highest BCUT2D eigenvalue weighted by Gasteiger charge is 2.31. The predicted octanol–water partition coefficient (Wildman–Crippen LogP) is 0.901. The zero-order valence-corrected chi connectivity index (χ0v) is 14.3. The maximum atomic E-state index is 12.6. The number of fused-ring (bicyclic) bond motifs is 1. The Hall–Kier alpha value is -2.09. The molecular formula is C17H24N4O4. The van der Waals surface area contributed by atoms with Crippen LogP contribution in [-0.2, 0) is 22.6 Å². The monoisotopic (exact) mass is 348 g/mol. The van der Waals surface area contributed by atoms with E-state index in [1.165, 1.54) is 11.3 Å². The van der Waals surface area contributed by atoms with Crippen molar-refractivity contribution in [1.29, 1.82) is 0 Å². The molecule has 8 heteroatoms. The van der Waals surface area contributed by atoms with E-state index in [-0.39, 0.29) is 12.5 Å². The SMILES string of the molecule is O=C(CN1CCOC1=O)N1CCCn2nc([C@@H](O)C3CCC3)cc2C1. The summed E-state index contributed by atoms with van der Waals surface area (Å²) in [6.45, 7) is 2.72. The number of nitrogens with zero attached hydrogens (tertiary/aromatic N) is 4. The van der Waals surface area contributed by atoms with Crippen LogP contribution in [0.1, 0.15) is 43.2 Å². The van der Waals surface area contributed by atoms with Crippen LogP contribution in [0.3, 0.4) is 0 Å². The van der Waals surface area contributed by atoms with E-state index >= 15 is 0 Å². The highest BCUT2D eigenvalue weighted by Crippen LogP contribution is 2.37. The molecule has 1 aromatic rings. The number of ether oxygens (including phenoxy) is 1. The summed E-state index contributed by atoms with van der Waals surface area (Å²) in [6, 6.07) is 1.93. The van der Waals surface area contributed by atoms with Crippen LogP contribution in [0.4, 0.5) is 4.79 Å². The van der Waals surface area contributed by atoms with Gasteiger partial charge < -0.3 is 14.7 Å². The van der Waals surface area contributed by atoms with E-state index in [9.17, 15) is 14.7 Å². The molecule has 2 aliphatic heterocycles. The molecule has 0 aromatic carbocycles. The Bertz CT molecular complexity index is 670. The van der Waals surface area contributed by atoms with Crippen LogP contribution in [0.25, 0.3) is 0 Å². The lowest BCUT2D eigenvalue weighted by molar-refractivity contribution is -0.132. The molecule has 0 radical (unpaired) electrons. The number of rotatable bonds is 4. The third-order valence-corrected chi connectivity index (χ3v) is 5.46. The summed E-state index contributed by atoms with van der Waals surface area (Å²) in [5, 5.41) is 15.0. The van der Waals surface area contributed by atoms with Gasteiger partial charge in [0.15, 0.2) is 0 Å². The lowest BCUT2D eigenvalue weighted by Crippen LogP contribution is -2.40. The van der Waals surface area contributed by atoms with Gasteiger partial charge >= 0.3 is 6.09 Å². The van der Waals surface area contributed by atoms with Gasteiger partial charge in [-0.15, -0.1) is 0 Å². The van der Waals surface area contributed by atoms with Gasteiger partial charge in [0.05, 0.1) is 24.5 Å². The summed E-state index contributed by atoms with van der Waals surface area (Å²) in [5.41, 5.74) is 1.67. The molecule has 1 atom stereocenters. The summed E-state index contributed by atoms with van der Waals surface area (Å²) in [5.74, 6) is 0.243. The Morgan fingerprint density at radius 3 is 2.84 bits per heavy atom. The van der Waals surface area contributed by atoms with Crippen LogP contribution < -0.4 is 0 Å². The van der Waals surface area contributed by atoms with Crippen molar-refractivity contribution in [3.05, 3.63) is 17.5 Å².